The highest BCUT2D eigenvalue weighted by Gasteiger charge is 2.47. The Balaban J connectivity index is 1.75. The Morgan fingerprint density at radius 3 is 2.82 bits per heavy atom. The molecule has 2 aliphatic rings. The molecule has 3 N–H and O–H groups in total. The number of fused-ring (bicyclic) bond motifs is 1. The van der Waals surface area contributed by atoms with Crippen molar-refractivity contribution >= 4 is 28.9 Å². The summed E-state index contributed by atoms with van der Waals surface area (Å²) in [6.07, 6.45) is -3.12. The summed E-state index contributed by atoms with van der Waals surface area (Å²) in [6.45, 7) is 2.45. The van der Waals surface area contributed by atoms with Crippen molar-refractivity contribution in [2.24, 2.45) is 0 Å². The molecular formula is C16H16F3N5O3S. The Labute approximate surface area is 161 Å². The van der Waals surface area contributed by atoms with Gasteiger partial charge >= 0.3 is 12.1 Å². The van der Waals surface area contributed by atoms with Gasteiger partial charge in [-0.15, -0.1) is 11.3 Å². The molecule has 0 spiro atoms. The van der Waals surface area contributed by atoms with Gasteiger partial charge in [0, 0.05) is 22.2 Å². The van der Waals surface area contributed by atoms with E-state index in [1.54, 1.807) is 19.2 Å². The van der Waals surface area contributed by atoms with Crippen LogP contribution < -0.4 is 15.7 Å². The molecule has 0 radical (unpaired) electrons. The minimum absolute atomic E-state index is 0.126. The van der Waals surface area contributed by atoms with Gasteiger partial charge in [0.1, 0.15) is 10.6 Å². The van der Waals surface area contributed by atoms with Gasteiger partial charge in [0.25, 0.3) is 5.91 Å². The van der Waals surface area contributed by atoms with Crippen LogP contribution in [0.15, 0.2) is 12.3 Å². The number of hydrogen-bond acceptors (Lipinski definition) is 7. The summed E-state index contributed by atoms with van der Waals surface area (Å²) in [4.78, 5) is 29.7. The highest BCUT2D eigenvalue weighted by Crippen LogP contribution is 2.41. The lowest BCUT2D eigenvalue weighted by atomic mass is 10.1. The van der Waals surface area contributed by atoms with Gasteiger partial charge in [0.05, 0.1) is 6.20 Å². The lowest BCUT2D eigenvalue weighted by molar-refractivity contribution is -0.202. The first kappa shape index (κ1) is 18.7. The summed E-state index contributed by atoms with van der Waals surface area (Å²) in [7, 11) is 0. The number of alkyl halides is 3. The number of aryl methyl sites for hydroxylation is 1. The van der Waals surface area contributed by atoms with E-state index in [0.717, 1.165) is 28.5 Å². The van der Waals surface area contributed by atoms with E-state index in [2.05, 4.69) is 20.8 Å². The molecule has 1 fully saturated rings. The number of aromatic nitrogens is 2. The van der Waals surface area contributed by atoms with E-state index in [9.17, 15) is 22.8 Å². The largest absolute Gasteiger partial charge is 0.493 e. The number of aromatic amines is 1. The molecule has 1 saturated heterocycles. The fourth-order valence-electron chi connectivity index (χ4n) is 3.34. The lowest BCUT2D eigenvalue weighted by Crippen LogP contribution is -2.61. The second-order valence-corrected chi connectivity index (χ2v) is 7.61. The molecule has 12 heteroatoms. The number of hydroxylamine groups is 1. The molecule has 1 unspecified atom stereocenters. The summed E-state index contributed by atoms with van der Waals surface area (Å²) in [5, 5.41) is 13.3. The van der Waals surface area contributed by atoms with Gasteiger partial charge in [-0.05, 0) is 32.4 Å². The van der Waals surface area contributed by atoms with Crippen LogP contribution in [-0.2, 0) is 9.63 Å². The normalized spacial score (nSPS) is 22.1. The molecular weight excluding hydrogens is 399 g/mol. The lowest BCUT2D eigenvalue weighted by Gasteiger charge is -2.38. The molecule has 8 nitrogen and oxygen atoms in total. The number of nitrogens with zero attached hydrogens (tertiary/aromatic N) is 2. The molecule has 0 saturated carbocycles. The van der Waals surface area contributed by atoms with Crippen LogP contribution in [0.1, 0.15) is 28.2 Å². The zero-order valence-corrected chi connectivity index (χ0v) is 15.4. The van der Waals surface area contributed by atoms with E-state index in [4.69, 9.17) is 4.84 Å². The first-order valence-corrected chi connectivity index (χ1v) is 9.34. The quantitative estimate of drug-likeness (QED) is 0.710. The minimum Gasteiger partial charge on any atom is -0.330 e. The number of H-pyrrole nitrogens is 1. The van der Waals surface area contributed by atoms with Crippen LogP contribution in [0.2, 0.25) is 0 Å². The summed E-state index contributed by atoms with van der Waals surface area (Å²) in [6, 6.07) is 1.19. The zero-order chi connectivity index (χ0) is 20.1. The third-order valence-corrected chi connectivity index (χ3v) is 5.83. The fourth-order valence-corrected chi connectivity index (χ4v) is 4.45. The van der Waals surface area contributed by atoms with Crippen LogP contribution in [0.3, 0.4) is 0 Å². The number of nitrogens with one attached hydrogen (secondary N) is 3. The van der Waals surface area contributed by atoms with E-state index in [1.807, 2.05) is 0 Å². The Morgan fingerprint density at radius 1 is 1.43 bits per heavy atom. The first-order valence-electron chi connectivity index (χ1n) is 8.52. The first-order chi connectivity index (χ1) is 13.3. The fraction of sp³-hybridized carbons (Fsp3) is 0.438. The Morgan fingerprint density at radius 2 is 2.21 bits per heavy atom. The second kappa shape index (κ2) is 6.78. The molecule has 28 heavy (non-hydrogen) atoms. The van der Waals surface area contributed by atoms with Gasteiger partial charge in [-0.3, -0.25) is 9.89 Å². The molecule has 1 amide bonds. The Hall–Kier alpha value is -2.60. The monoisotopic (exact) mass is 415 g/mol. The highest BCUT2D eigenvalue weighted by molar-refractivity contribution is 7.18. The van der Waals surface area contributed by atoms with Gasteiger partial charge in [0.15, 0.2) is 6.17 Å². The molecule has 0 aromatic carbocycles. The number of anilines is 1. The maximum atomic E-state index is 12.8. The SMILES string of the molecule is Cc1[nH]ncc1-c1cc2c(s1)C(=O)NC([C@@H]1CCCN1)N2OC(=O)C(F)(F)F. The second-order valence-electron chi connectivity index (χ2n) is 6.56. The van der Waals surface area contributed by atoms with Gasteiger partial charge < -0.3 is 15.5 Å². The zero-order valence-electron chi connectivity index (χ0n) is 14.6. The van der Waals surface area contributed by atoms with E-state index in [-0.39, 0.29) is 16.6 Å². The maximum Gasteiger partial charge on any atom is 0.493 e. The number of carbonyl (C=O) groups is 2. The van der Waals surface area contributed by atoms with Crippen LogP contribution in [-0.4, -0.2) is 47.0 Å². The van der Waals surface area contributed by atoms with E-state index < -0.39 is 24.2 Å². The number of halogens is 3. The number of amides is 1. The highest BCUT2D eigenvalue weighted by atomic mass is 32.1. The third-order valence-electron chi connectivity index (χ3n) is 4.68. The van der Waals surface area contributed by atoms with Crippen LogP contribution in [0.25, 0.3) is 10.4 Å². The van der Waals surface area contributed by atoms with Crippen molar-refractivity contribution < 1.29 is 27.6 Å². The summed E-state index contributed by atoms with van der Waals surface area (Å²) >= 11 is 1.09. The number of rotatable bonds is 3. The smallest absolute Gasteiger partial charge is 0.330 e. The van der Waals surface area contributed by atoms with Gasteiger partial charge in [-0.2, -0.15) is 23.3 Å². The van der Waals surface area contributed by atoms with E-state index in [1.165, 1.54) is 0 Å². The van der Waals surface area contributed by atoms with Gasteiger partial charge in [0.2, 0.25) is 0 Å². The molecule has 2 aromatic rings. The van der Waals surface area contributed by atoms with E-state index >= 15 is 0 Å². The van der Waals surface area contributed by atoms with E-state index in [0.29, 0.717) is 23.4 Å². The number of thiophene rings is 1. The number of carbonyl (C=O) groups excluding carboxylic acids is 2. The van der Waals surface area contributed by atoms with Crippen molar-refractivity contribution in [3.05, 3.63) is 22.8 Å². The summed E-state index contributed by atoms with van der Waals surface area (Å²) in [5.41, 5.74) is 1.58. The summed E-state index contributed by atoms with van der Waals surface area (Å²) < 4.78 is 38.5. The van der Waals surface area contributed by atoms with Crippen molar-refractivity contribution in [1.82, 2.24) is 20.8 Å². The Bertz CT molecular complexity index is 919. The number of hydrogen-bond donors (Lipinski definition) is 3. The average Bonchev–Trinajstić information content (AvgIpc) is 3.35. The Kier molecular flexibility index (Phi) is 4.54. The average molecular weight is 415 g/mol. The molecule has 150 valence electrons. The molecule has 4 rings (SSSR count). The van der Waals surface area contributed by atoms with Crippen LogP contribution in [0.4, 0.5) is 18.9 Å². The van der Waals surface area contributed by atoms with Crippen LogP contribution in [0.5, 0.6) is 0 Å². The molecule has 2 aromatic heterocycles. The predicted molar refractivity (Wildman–Crippen MR) is 93.5 cm³/mol. The van der Waals surface area contributed by atoms with Crippen molar-refractivity contribution in [2.45, 2.75) is 38.1 Å². The molecule has 2 atom stereocenters. The minimum atomic E-state index is -5.16. The third kappa shape index (κ3) is 3.22. The molecule has 0 aliphatic carbocycles. The standard InChI is InChI=1S/C16H16F3N5O3S/c1-7-8(6-21-23-7)11-5-10-12(28-11)14(25)22-13(9-3-2-4-20-9)24(10)27-15(26)16(17,18)19/h5-6,9,13,20H,2-4H2,1H3,(H,21,23)(H,22,25)/t9-,13?/m0/s1. The van der Waals surface area contributed by atoms with Crippen molar-refractivity contribution in [3.8, 4) is 10.4 Å². The molecule has 4 heterocycles. The van der Waals surface area contributed by atoms with Crippen molar-refractivity contribution in [1.29, 1.82) is 0 Å². The topological polar surface area (TPSA) is 99.3 Å². The van der Waals surface area contributed by atoms with Crippen molar-refractivity contribution in [3.63, 3.8) is 0 Å². The van der Waals surface area contributed by atoms with Gasteiger partial charge in [-0.1, -0.05) is 0 Å². The van der Waals surface area contributed by atoms with Gasteiger partial charge in [-0.25, -0.2) is 4.79 Å². The maximum absolute atomic E-state index is 12.8. The molecule has 2 aliphatic heterocycles. The van der Waals surface area contributed by atoms with Crippen LogP contribution >= 0.6 is 11.3 Å². The summed E-state index contributed by atoms with van der Waals surface area (Å²) in [5.74, 6) is -2.77. The van der Waals surface area contributed by atoms with Crippen molar-refractivity contribution in [2.75, 3.05) is 11.6 Å². The van der Waals surface area contributed by atoms with Crippen LogP contribution in [0, 0.1) is 6.92 Å². The predicted octanol–water partition coefficient (Wildman–Crippen LogP) is 2.10. The molecule has 0 bridgehead atoms.